The van der Waals surface area contributed by atoms with Crippen molar-refractivity contribution < 1.29 is 13.2 Å². The lowest BCUT2D eigenvalue weighted by molar-refractivity contribution is -0.116. The van der Waals surface area contributed by atoms with Crippen molar-refractivity contribution in [2.45, 2.75) is 25.7 Å². The van der Waals surface area contributed by atoms with Gasteiger partial charge in [-0.1, -0.05) is 49.4 Å². The number of rotatable bonds is 7. The lowest BCUT2D eigenvalue weighted by atomic mass is 9.96. The summed E-state index contributed by atoms with van der Waals surface area (Å²) in [6, 6.07) is 17.4. The van der Waals surface area contributed by atoms with Crippen LogP contribution in [0.4, 0.5) is 5.69 Å². The van der Waals surface area contributed by atoms with Gasteiger partial charge in [0, 0.05) is 25.1 Å². The topological polar surface area (TPSA) is 66.5 Å². The minimum atomic E-state index is -3.17. The van der Waals surface area contributed by atoms with Gasteiger partial charge >= 0.3 is 0 Å². The van der Waals surface area contributed by atoms with Gasteiger partial charge in [0.2, 0.25) is 15.9 Å². The second kappa shape index (κ2) is 9.06. The van der Waals surface area contributed by atoms with Crippen LogP contribution in [-0.4, -0.2) is 33.2 Å². The van der Waals surface area contributed by atoms with Gasteiger partial charge in [0.1, 0.15) is 0 Å². The first-order valence-electron chi connectivity index (χ1n) is 9.61. The molecule has 2 aromatic rings. The van der Waals surface area contributed by atoms with E-state index in [9.17, 15) is 13.2 Å². The number of anilines is 1. The van der Waals surface area contributed by atoms with Gasteiger partial charge in [-0.2, -0.15) is 0 Å². The molecule has 1 amide bonds. The fraction of sp³-hybridized carbons (Fsp3) is 0.318. The summed E-state index contributed by atoms with van der Waals surface area (Å²) in [4.78, 5) is 12.1. The van der Waals surface area contributed by atoms with E-state index in [4.69, 9.17) is 0 Å². The lowest BCUT2D eigenvalue weighted by Gasteiger charge is -2.16. The molecule has 3 rings (SSSR count). The van der Waals surface area contributed by atoms with Crippen molar-refractivity contribution in [2.24, 2.45) is 0 Å². The maximum absolute atomic E-state index is 12.1. The molecule has 1 N–H and O–H groups in total. The Kier molecular flexibility index (Phi) is 6.52. The third-order valence-corrected chi connectivity index (χ3v) is 6.86. The Hall–Kier alpha value is -2.60. The third kappa shape index (κ3) is 5.01. The minimum absolute atomic E-state index is 0.138. The second-order valence-electron chi connectivity index (χ2n) is 6.93. The molecule has 1 unspecified atom stereocenters. The third-order valence-electron chi connectivity index (χ3n) is 4.99. The number of hydrogen-bond acceptors (Lipinski definition) is 3. The molecular weight excluding hydrogens is 372 g/mol. The summed E-state index contributed by atoms with van der Waals surface area (Å²) >= 11 is 0. The molecule has 1 aliphatic rings. The van der Waals surface area contributed by atoms with Crippen LogP contribution in [0.5, 0.6) is 0 Å². The Morgan fingerprint density at radius 3 is 2.46 bits per heavy atom. The summed E-state index contributed by atoms with van der Waals surface area (Å²) in [6.07, 6.45) is 4.86. The summed E-state index contributed by atoms with van der Waals surface area (Å²) in [7, 11) is -3.17. The van der Waals surface area contributed by atoms with Crippen LogP contribution in [0, 0.1) is 0 Å². The molecule has 6 heteroatoms. The Morgan fingerprint density at radius 2 is 1.86 bits per heavy atom. The van der Waals surface area contributed by atoms with E-state index in [2.05, 4.69) is 24.4 Å². The molecule has 0 saturated carbocycles. The average Bonchev–Trinajstić information content (AvgIpc) is 3.07. The molecule has 1 aliphatic heterocycles. The van der Waals surface area contributed by atoms with Crippen molar-refractivity contribution in [3.63, 3.8) is 0 Å². The highest BCUT2D eigenvalue weighted by Crippen LogP contribution is 2.24. The zero-order valence-electron chi connectivity index (χ0n) is 16.0. The molecule has 1 saturated heterocycles. The van der Waals surface area contributed by atoms with Crippen LogP contribution in [0.2, 0.25) is 0 Å². The fourth-order valence-corrected chi connectivity index (χ4v) is 4.92. The number of nitrogens with one attached hydrogen (secondary N) is 1. The van der Waals surface area contributed by atoms with Crippen LogP contribution < -0.4 is 9.62 Å². The SMILES string of the molecule is CCC(CNC(=O)/C=C/c1ccc(N2CCCS2(=O)=O)cc1)c1ccccc1. The molecule has 28 heavy (non-hydrogen) atoms. The molecule has 2 aromatic carbocycles. The van der Waals surface area contributed by atoms with Gasteiger partial charge in [-0.15, -0.1) is 0 Å². The highest BCUT2D eigenvalue weighted by atomic mass is 32.2. The van der Waals surface area contributed by atoms with E-state index < -0.39 is 10.0 Å². The Morgan fingerprint density at radius 1 is 1.14 bits per heavy atom. The van der Waals surface area contributed by atoms with Crippen molar-refractivity contribution >= 4 is 27.7 Å². The van der Waals surface area contributed by atoms with E-state index >= 15 is 0 Å². The van der Waals surface area contributed by atoms with Gasteiger partial charge < -0.3 is 5.32 Å². The number of carbonyl (C=O) groups excluding carboxylic acids is 1. The van der Waals surface area contributed by atoms with Gasteiger partial charge in [-0.3, -0.25) is 9.10 Å². The summed E-state index contributed by atoms with van der Waals surface area (Å²) in [5.41, 5.74) is 2.75. The molecule has 1 fully saturated rings. The maximum atomic E-state index is 12.1. The molecule has 1 heterocycles. The highest BCUT2D eigenvalue weighted by Gasteiger charge is 2.28. The van der Waals surface area contributed by atoms with E-state index in [1.807, 2.05) is 30.3 Å². The monoisotopic (exact) mass is 398 g/mol. The van der Waals surface area contributed by atoms with Crippen molar-refractivity contribution in [1.82, 2.24) is 5.32 Å². The average molecular weight is 399 g/mol. The van der Waals surface area contributed by atoms with Gasteiger partial charge in [-0.05, 0) is 42.2 Å². The largest absolute Gasteiger partial charge is 0.352 e. The van der Waals surface area contributed by atoms with Gasteiger partial charge in [-0.25, -0.2) is 8.42 Å². The van der Waals surface area contributed by atoms with Crippen LogP contribution in [0.25, 0.3) is 6.08 Å². The molecule has 0 aliphatic carbocycles. The molecule has 148 valence electrons. The van der Waals surface area contributed by atoms with Crippen molar-refractivity contribution in [3.05, 3.63) is 71.8 Å². The van der Waals surface area contributed by atoms with E-state index in [1.165, 1.54) is 15.9 Å². The zero-order chi connectivity index (χ0) is 20.0. The quantitative estimate of drug-likeness (QED) is 0.726. The summed E-state index contributed by atoms with van der Waals surface area (Å²) in [5, 5.41) is 2.96. The number of carbonyl (C=O) groups is 1. The smallest absolute Gasteiger partial charge is 0.244 e. The first kappa shape index (κ1) is 20.1. The van der Waals surface area contributed by atoms with Crippen LogP contribution in [0.15, 0.2) is 60.7 Å². The minimum Gasteiger partial charge on any atom is -0.352 e. The predicted octanol–water partition coefficient (Wildman–Crippen LogP) is 3.55. The summed E-state index contributed by atoms with van der Waals surface area (Å²) in [6.45, 7) is 3.23. The Bertz CT molecular complexity index is 922. The number of amides is 1. The first-order chi connectivity index (χ1) is 13.5. The van der Waals surface area contributed by atoms with E-state index in [1.54, 1.807) is 18.2 Å². The van der Waals surface area contributed by atoms with Crippen LogP contribution in [0.1, 0.15) is 36.8 Å². The zero-order valence-corrected chi connectivity index (χ0v) is 16.9. The standard InChI is InChI=1S/C22H26N2O3S/c1-2-19(20-7-4-3-5-8-20)17-23-22(25)14-11-18-9-12-21(13-10-18)24-15-6-16-28(24,26)27/h3-5,7-14,19H,2,6,15-17H2,1H3,(H,23,25)/b14-11+. The number of nitrogens with zero attached hydrogens (tertiary/aromatic N) is 1. The summed E-state index contributed by atoms with van der Waals surface area (Å²) in [5.74, 6) is 0.358. The van der Waals surface area contributed by atoms with Crippen LogP contribution in [-0.2, 0) is 14.8 Å². The number of hydrogen-bond donors (Lipinski definition) is 1. The van der Waals surface area contributed by atoms with Gasteiger partial charge in [0.15, 0.2) is 0 Å². The van der Waals surface area contributed by atoms with Crippen molar-refractivity contribution in [2.75, 3.05) is 23.1 Å². The molecule has 0 spiro atoms. The van der Waals surface area contributed by atoms with E-state index in [0.29, 0.717) is 31.1 Å². The predicted molar refractivity (Wildman–Crippen MR) is 114 cm³/mol. The maximum Gasteiger partial charge on any atom is 0.244 e. The molecule has 0 aromatic heterocycles. The molecule has 0 radical (unpaired) electrons. The van der Waals surface area contributed by atoms with Crippen molar-refractivity contribution in [1.29, 1.82) is 0 Å². The Labute approximate surface area is 167 Å². The number of benzene rings is 2. The van der Waals surface area contributed by atoms with Crippen molar-refractivity contribution in [3.8, 4) is 0 Å². The molecular formula is C22H26N2O3S. The molecule has 1 atom stereocenters. The normalized spacial score (nSPS) is 17.0. The second-order valence-corrected chi connectivity index (χ2v) is 8.94. The lowest BCUT2D eigenvalue weighted by Crippen LogP contribution is -2.26. The highest BCUT2D eigenvalue weighted by molar-refractivity contribution is 7.93. The van der Waals surface area contributed by atoms with E-state index in [-0.39, 0.29) is 11.7 Å². The van der Waals surface area contributed by atoms with Crippen LogP contribution >= 0.6 is 0 Å². The first-order valence-corrected chi connectivity index (χ1v) is 11.2. The Balaban J connectivity index is 1.55. The molecule has 0 bridgehead atoms. The van der Waals surface area contributed by atoms with E-state index in [0.717, 1.165) is 12.0 Å². The fourth-order valence-electron chi connectivity index (χ4n) is 3.36. The van der Waals surface area contributed by atoms with Gasteiger partial charge in [0.25, 0.3) is 0 Å². The number of sulfonamides is 1. The van der Waals surface area contributed by atoms with Gasteiger partial charge in [0.05, 0.1) is 11.4 Å². The summed E-state index contributed by atoms with van der Waals surface area (Å²) < 4.78 is 25.4. The molecule has 5 nitrogen and oxygen atoms in total. The van der Waals surface area contributed by atoms with Crippen LogP contribution in [0.3, 0.4) is 0 Å².